The highest BCUT2D eigenvalue weighted by atomic mass is 15.1. The van der Waals surface area contributed by atoms with Crippen molar-refractivity contribution < 1.29 is 0 Å². The van der Waals surface area contributed by atoms with Gasteiger partial charge in [-0.3, -0.25) is 0 Å². The van der Waals surface area contributed by atoms with E-state index in [9.17, 15) is 0 Å². The first-order chi connectivity index (χ1) is 3.89. The van der Waals surface area contributed by atoms with Gasteiger partial charge in [-0.2, -0.15) is 0 Å². The maximum atomic E-state index is 3.09. The summed E-state index contributed by atoms with van der Waals surface area (Å²) in [6.45, 7) is 2.29. The molecule has 0 aromatic rings. The highest BCUT2D eigenvalue weighted by molar-refractivity contribution is 5.01. The second kappa shape index (κ2) is 2.74. The third-order valence-corrected chi connectivity index (χ3v) is 1.36. The van der Waals surface area contributed by atoms with Crippen LogP contribution in [0.3, 0.4) is 0 Å². The first-order valence-electron chi connectivity index (χ1n) is 3.04. The van der Waals surface area contributed by atoms with E-state index in [0.29, 0.717) is 0 Å². The summed E-state index contributed by atoms with van der Waals surface area (Å²) in [6.07, 6.45) is 2.10. The van der Waals surface area contributed by atoms with Crippen molar-refractivity contribution in [2.75, 3.05) is 20.1 Å². The Kier molecular flexibility index (Phi) is 1.93. The molecule has 0 bridgehead atoms. The minimum Gasteiger partial charge on any atom is -0.304 e. The third kappa shape index (κ3) is 1.55. The van der Waals surface area contributed by atoms with E-state index < -0.39 is 0 Å². The Hall–Kier alpha value is -0.480. The lowest BCUT2D eigenvalue weighted by molar-refractivity contribution is 0.355. The molecule has 0 N–H and O–H groups in total. The van der Waals surface area contributed by atoms with Gasteiger partial charge < -0.3 is 4.90 Å². The van der Waals surface area contributed by atoms with Crippen LogP contribution >= 0.6 is 0 Å². The lowest BCUT2D eigenvalue weighted by Crippen LogP contribution is -2.18. The molecule has 0 unspecified atom stereocenters. The zero-order chi connectivity index (χ0) is 5.82. The Bertz CT molecular complexity index is 106. The molecule has 0 aromatic carbocycles. The highest BCUT2D eigenvalue weighted by Crippen LogP contribution is 1.92. The molecule has 1 aliphatic rings. The minimum atomic E-state index is 1.05. The Balaban J connectivity index is 2.32. The van der Waals surface area contributed by atoms with Gasteiger partial charge in [0.2, 0.25) is 0 Å². The molecule has 8 heavy (non-hydrogen) atoms. The highest BCUT2D eigenvalue weighted by Gasteiger charge is 1.96. The molecule has 0 radical (unpaired) electrons. The molecule has 0 aromatic heterocycles. The van der Waals surface area contributed by atoms with Crippen LogP contribution in [-0.4, -0.2) is 25.0 Å². The van der Waals surface area contributed by atoms with Crippen LogP contribution in [0.1, 0.15) is 12.8 Å². The van der Waals surface area contributed by atoms with Crippen molar-refractivity contribution in [3.05, 3.63) is 0 Å². The van der Waals surface area contributed by atoms with Crippen LogP contribution in [0.25, 0.3) is 0 Å². The van der Waals surface area contributed by atoms with Crippen LogP contribution in [0.2, 0.25) is 0 Å². The van der Waals surface area contributed by atoms with Crippen molar-refractivity contribution in [2.45, 2.75) is 12.8 Å². The van der Waals surface area contributed by atoms with Gasteiger partial charge in [-0.25, -0.2) is 0 Å². The SMILES string of the molecule is CN1CCC#CCC1. The Morgan fingerprint density at radius 2 is 1.62 bits per heavy atom. The summed E-state index contributed by atoms with van der Waals surface area (Å²) in [5.74, 6) is 6.17. The first-order valence-corrected chi connectivity index (χ1v) is 3.04. The lowest BCUT2D eigenvalue weighted by atomic mass is 10.4. The molecule has 44 valence electrons. The van der Waals surface area contributed by atoms with Crippen LogP contribution < -0.4 is 0 Å². The normalized spacial score (nSPS) is 21.1. The topological polar surface area (TPSA) is 3.24 Å². The molecule has 1 rings (SSSR count). The fourth-order valence-corrected chi connectivity index (χ4v) is 0.782. The van der Waals surface area contributed by atoms with Crippen LogP contribution in [0.5, 0.6) is 0 Å². The van der Waals surface area contributed by atoms with Crippen molar-refractivity contribution in [3.63, 3.8) is 0 Å². The fourth-order valence-electron chi connectivity index (χ4n) is 0.782. The number of rotatable bonds is 0. The molecule has 1 nitrogen and oxygen atoms in total. The standard InChI is InChI=1S/C7H11N/c1-8-6-4-2-3-5-7-8/h4-7H2,1H3. The third-order valence-electron chi connectivity index (χ3n) is 1.36. The lowest BCUT2D eigenvalue weighted by Gasteiger charge is -2.09. The van der Waals surface area contributed by atoms with Crippen molar-refractivity contribution in [1.29, 1.82) is 0 Å². The molecule has 0 saturated carbocycles. The van der Waals surface area contributed by atoms with Crippen molar-refractivity contribution in [3.8, 4) is 11.8 Å². The molecular formula is C7H11N. The van der Waals surface area contributed by atoms with Gasteiger partial charge in [-0.05, 0) is 7.05 Å². The van der Waals surface area contributed by atoms with Crippen LogP contribution in [0, 0.1) is 11.8 Å². The molecule has 0 atom stereocenters. The summed E-state index contributed by atoms with van der Waals surface area (Å²) in [5.41, 5.74) is 0. The Morgan fingerprint density at radius 3 is 2.12 bits per heavy atom. The van der Waals surface area contributed by atoms with E-state index in [4.69, 9.17) is 0 Å². The summed E-state index contributed by atoms with van der Waals surface area (Å²) >= 11 is 0. The quantitative estimate of drug-likeness (QED) is 0.414. The van der Waals surface area contributed by atoms with Crippen LogP contribution in [0.4, 0.5) is 0 Å². The second-order valence-electron chi connectivity index (χ2n) is 2.16. The van der Waals surface area contributed by atoms with E-state index in [1.165, 1.54) is 0 Å². The van der Waals surface area contributed by atoms with Crippen LogP contribution in [0.15, 0.2) is 0 Å². The molecule has 0 saturated heterocycles. The van der Waals surface area contributed by atoms with E-state index in [2.05, 4.69) is 23.8 Å². The summed E-state index contributed by atoms with van der Waals surface area (Å²) in [7, 11) is 2.13. The Morgan fingerprint density at radius 1 is 1.12 bits per heavy atom. The molecule has 0 fully saturated rings. The molecular weight excluding hydrogens is 98.1 g/mol. The molecule has 1 heteroatoms. The van der Waals surface area contributed by atoms with E-state index in [-0.39, 0.29) is 0 Å². The van der Waals surface area contributed by atoms with Crippen molar-refractivity contribution in [2.24, 2.45) is 0 Å². The summed E-state index contributed by atoms with van der Waals surface area (Å²) < 4.78 is 0. The van der Waals surface area contributed by atoms with E-state index in [1.54, 1.807) is 0 Å². The second-order valence-corrected chi connectivity index (χ2v) is 2.16. The molecule has 1 aliphatic heterocycles. The predicted molar refractivity (Wildman–Crippen MR) is 34.5 cm³/mol. The van der Waals surface area contributed by atoms with E-state index in [0.717, 1.165) is 25.9 Å². The summed E-state index contributed by atoms with van der Waals surface area (Å²) in [5, 5.41) is 0. The number of nitrogens with zero attached hydrogens (tertiary/aromatic N) is 1. The van der Waals surface area contributed by atoms with Gasteiger partial charge in [-0.15, -0.1) is 11.8 Å². The van der Waals surface area contributed by atoms with Crippen molar-refractivity contribution in [1.82, 2.24) is 4.90 Å². The molecule has 0 spiro atoms. The van der Waals surface area contributed by atoms with Gasteiger partial charge >= 0.3 is 0 Å². The van der Waals surface area contributed by atoms with Gasteiger partial charge in [0.25, 0.3) is 0 Å². The zero-order valence-corrected chi connectivity index (χ0v) is 5.28. The van der Waals surface area contributed by atoms with Crippen LogP contribution in [-0.2, 0) is 0 Å². The van der Waals surface area contributed by atoms with Gasteiger partial charge in [0.05, 0.1) is 0 Å². The minimum absolute atomic E-state index is 1.05. The molecule has 1 heterocycles. The average Bonchev–Trinajstić information content (AvgIpc) is 1.94. The first kappa shape index (κ1) is 5.65. The number of hydrogen-bond donors (Lipinski definition) is 0. The molecule has 0 amide bonds. The van der Waals surface area contributed by atoms with Gasteiger partial charge in [-0.1, -0.05) is 0 Å². The van der Waals surface area contributed by atoms with Gasteiger partial charge in [0.1, 0.15) is 0 Å². The van der Waals surface area contributed by atoms with Crippen molar-refractivity contribution >= 4 is 0 Å². The average molecular weight is 109 g/mol. The maximum absolute atomic E-state index is 3.09. The monoisotopic (exact) mass is 109 g/mol. The predicted octanol–water partition coefficient (Wildman–Crippen LogP) is 0.715. The molecule has 0 aliphatic carbocycles. The van der Waals surface area contributed by atoms with Gasteiger partial charge in [0, 0.05) is 25.9 Å². The summed E-state index contributed by atoms with van der Waals surface area (Å²) in [4.78, 5) is 2.30. The maximum Gasteiger partial charge on any atom is 0.0216 e. The van der Waals surface area contributed by atoms with E-state index >= 15 is 0 Å². The smallest absolute Gasteiger partial charge is 0.0216 e. The fraction of sp³-hybridized carbons (Fsp3) is 0.714. The van der Waals surface area contributed by atoms with Gasteiger partial charge in [0.15, 0.2) is 0 Å². The number of hydrogen-bond acceptors (Lipinski definition) is 1. The Labute approximate surface area is 50.7 Å². The van der Waals surface area contributed by atoms with E-state index in [1.807, 2.05) is 0 Å². The summed E-state index contributed by atoms with van der Waals surface area (Å²) in [6, 6.07) is 0. The largest absolute Gasteiger partial charge is 0.304 e. The zero-order valence-electron chi connectivity index (χ0n) is 5.28.